The molecule has 2 aliphatic rings. The van der Waals surface area contributed by atoms with Gasteiger partial charge >= 0.3 is 6.18 Å². The van der Waals surface area contributed by atoms with E-state index in [1.165, 1.54) is 6.07 Å². The van der Waals surface area contributed by atoms with Crippen LogP contribution in [-0.4, -0.2) is 45.5 Å². The van der Waals surface area contributed by atoms with Crippen LogP contribution in [0, 0.1) is 0 Å². The smallest absolute Gasteiger partial charge is 0.433 e. The molecule has 12 heteroatoms. The fourth-order valence-corrected chi connectivity index (χ4v) is 4.06. The molecule has 0 unspecified atom stereocenters. The molecule has 1 atom stereocenters. The van der Waals surface area contributed by atoms with Crippen LogP contribution in [0.15, 0.2) is 36.7 Å². The van der Waals surface area contributed by atoms with Crippen molar-refractivity contribution in [2.45, 2.75) is 38.5 Å². The molecule has 182 valence electrons. The monoisotopic (exact) mass is 485 g/mol. The van der Waals surface area contributed by atoms with Gasteiger partial charge < -0.3 is 19.9 Å². The number of likely N-dealkylation sites (N-methyl/N-ethyl adjacent to an activating group) is 1. The summed E-state index contributed by atoms with van der Waals surface area (Å²) in [5.41, 5.74) is 1.49. The number of pyridine rings is 2. The zero-order valence-corrected chi connectivity index (χ0v) is 19.0. The van der Waals surface area contributed by atoms with E-state index in [-0.39, 0.29) is 23.6 Å². The van der Waals surface area contributed by atoms with Crippen molar-refractivity contribution in [2.75, 3.05) is 28.7 Å². The SMILES string of the molecule is C[C@H]1C(=O)N2CCCc3nc(NCc4ccc(Oc5ccc(C(F)(F)F)nc5)nc4)nc(c32)N1C. The molecule has 0 saturated heterocycles. The highest BCUT2D eigenvalue weighted by atomic mass is 19.4. The summed E-state index contributed by atoms with van der Waals surface area (Å²) in [4.78, 5) is 33.2. The van der Waals surface area contributed by atoms with Gasteiger partial charge in [-0.1, -0.05) is 6.07 Å². The van der Waals surface area contributed by atoms with Crippen molar-refractivity contribution in [1.82, 2.24) is 19.9 Å². The number of halogens is 3. The van der Waals surface area contributed by atoms with Crippen LogP contribution in [0.2, 0.25) is 0 Å². The van der Waals surface area contributed by atoms with Gasteiger partial charge in [0.15, 0.2) is 5.82 Å². The van der Waals surface area contributed by atoms with Crippen molar-refractivity contribution in [3.8, 4) is 11.6 Å². The zero-order valence-electron chi connectivity index (χ0n) is 19.0. The number of carbonyl (C=O) groups excluding carboxylic acids is 1. The molecular formula is C23H22F3N7O2. The molecule has 1 amide bonds. The molecule has 0 aromatic carbocycles. The van der Waals surface area contributed by atoms with Gasteiger partial charge in [-0.15, -0.1) is 0 Å². The molecule has 5 heterocycles. The van der Waals surface area contributed by atoms with Crippen LogP contribution in [0.4, 0.5) is 30.6 Å². The van der Waals surface area contributed by atoms with Gasteiger partial charge in [-0.2, -0.15) is 18.2 Å². The first-order chi connectivity index (χ1) is 16.7. The predicted molar refractivity (Wildman–Crippen MR) is 121 cm³/mol. The van der Waals surface area contributed by atoms with Crippen molar-refractivity contribution in [2.24, 2.45) is 0 Å². The van der Waals surface area contributed by atoms with E-state index in [9.17, 15) is 18.0 Å². The highest BCUT2D eigenvalue weighted by Gasteiger charge is 2.38. The summed E-state index contributed by atoms with van der Waals surface area (Å²) < 4.78 is 43.4. The summed E-state index contributed by atoms with van der Waals surface area (Å²) in [6.45, 7) is 2.94. The van der Waals surface area contributed by atoms with Crippen molar-refractivity contribution < 1.29 is 22.7 Å². The van der Waals surface area contributed by atoms with E-state index in [4.69, 9.17) is 4.74 Å². The van der Waals surface area contributed by atoms with Crippen LogP contribution in [0.25, 0.3) is 0 Å². The van der Waals surface area contributed by atoms with Crippen LogP contribution < -0.4 is 19.9 Å². The molecule has 3 aromatic heterocycles. The van der Waals surface area contributed by atoms with Crippen molar-refractivity contribution in [1.29, 1.82) is 0 Å². The maximum atomic E-state index is 12.7. The molecule has 9 nitrogen and oxygen atoms in total. The van der Waals surface area contributed by atoms with E-state index in [0.29, 0.717) is 19.0 Å². The van der Waals surface area contributed by atoms with Gasteiger partial charge in [-0.3, -0.25) is 4.79 Å². The number of aryl methyl sites for hydroxylation is 1. The maximum absolute atomic E-state index is 12.7. The van der Waals surface area contributed by atoms with E-state index in [1.54, 1.807) is 23.2 Å². The molecule has 3 aromatic rings. The molecule has 0 spiro atoms. The highest BCUT2D eigenvalue weighted by molar-refractivity contribution is 6.05. The van der Waals surface area contributed by atoms with Gasteiger partial charge in [-0.25, -0.2) is 15.0 Å². The van der Waals surface area contributed by atoms with Gasteiger partial charge in [0.05, 0.1) is 11.9 Å². The minimum atomic E-state index is -4.50. The molecular weight excluding hydrogens is 463 g/mol. The summed E-state index contributed by atoms with van der Waals surface area (Å²) in [6.07, 6.45) is -0.276. The Hall–Kier alpha value is -3.96. The lowest BCUT2D eigenvalue weighted by Gasteiger charge is -2.41. The number of nitrogens with one attached hydrogen (secondary N) is 1. The second kappa shape index (κ2) is 8.67. The lowest BCUT2D eigenvalue weighted by molar-refractivity contribution is -0.141. The summed E-state index contributed by atoms with van der Waals surface area (Å²) in [5, 5.41) is 3.21. The second-order valence-electron chi connectivity index (χ2n) is 8.38. The van der Waals surface area contributed by atoms with Crippen molar-refractivity contribution in [3.63, 3.8) is 0 Å². The molecule has 0 radical (unpaired) electrons. The number of aromatic nitrogens is 4. The third-order valence-corrected chi connectivity index (χ3v) is 6.04. The topological polar surface area (TPSA) is 96.4 Å². The number of hydrogen-bond acceptors (Lipinski definition) is 8. The van der Waals surface area contributed by atoms with Crippen LogP contribution >= 0.6 is 0 Å². The molecule has 0 saturated carbocycles. The number of carbonyl (C=O) groups is 1. The Morgan fingerprint density at radius 3 is 2.66 bits per heavy atom. The first-order valence-electron chi connectivity index (χ1n) is 11.1. The molecule has 0 aliphatic carbocycles. The normalized spacial score (nSPS) is 17.3. The van der Waals surface area contributed by atoms with E-state index in [1.807, 2.05) is 18.9 Å². The Balaban J connectivity index is 1.26. The third kappa shape index (κ3) is 4.43. The minimum absolute atomic E-state index is 0.0609. The Morgan fingerprint density at radius 1 is 1.14 bits per heavy atom. The van der Waals surface area contributed by atoms with Gasteiger partial charge in [0.2, 0.25) is 17.7 Å². The van der Waals surface area contributed by atoms with Crippen LogP contribution in [-0.2, 0) is 23.9 Å². The number of ether oxygens (including phenoxy) is 1. The Kier molecular flexibility index (Phi) is 5.65. The molecule has 0 fully saturated rings. The fourth-order valence-electron chi connectivity index (χ4n) is 4.06. The summed E-state index contributed by atoms with van der Waals surface area (Å²) in [5.74, 6) is 1.64. The Bertz CT molecular complexity index is 1250. The maximum Gasteiger partial charge on any atom is 0.433 e. The van der Waals surface area contributed by atoms with Gasteiger partial charge in [0.25, 0.3) is 0 Å². The average molecular weight is 485 g/mol. The van der Waals surface area contributed by atoms with Crippen molar-refractivity contribution in [3.05, 3.63) is 53.6 Å². The van der Waals surface area contributed by atoms with Crippen molar-refractivity contribution >= 4 is 23.4 Å². The summed E-state index contributed by atoms with van der Waals surface area (Å²) >= 11 is 0. The number of hydrogen-bond donors (Lipinski definition) is 1. The molecule has 35 heavy (non-hydrogen) atoms. The minimum Gasteiger partial charge on any atom is -0.437 e. The molecule has 0 bridgehead atoms. The molecule has 2 aliphatic heterocycles. The Morgan fingerprint density at radius 2 is 1.97 bits per heavy atom. The van der Waals surface area contributed by atoms with Crippen LogP contribution in [0.5, 0.6) is 11.6 Å². The second-order valence-corrected chi connectivity index (χ2v) is 8.38. The van der Waals surface area contributed by atoms with E-state index in [2.05, 4.69) is 25.3 Å². The molecule has 5 rings (SSSR count). The van der Waals surface area contributed by atoms with E-state index >= 15 is 0 Å². The lowest BCUT2D eigenvalue weighted by Crippen LogP contribution is -2.53. The summed E-state index contributed by atoms with van der Waals surface area (Å²) in [6, 6.07) is 5.15. The van der Waals surface area contributed by atoms with Gasteiger partial charge in [0, 0.05) is 32.4 Å². The fraction of sp³-hybridized carbons (Fsp3) is 0.348. The zero-order chi connectivity index (χ0) is 24.7. The van der Waals surface area contributed by atoms with Gasteiger partial charge in [0.1, 0.15) is 23.2 Å². The first-order valence-corrected chi connectivity index (χ1v) is 11.1. The lowest BCUT2D eigenvalue weighted by atomic mass is 10.0. The number of alkyl halides is 3. The highest BCUT2D eigenvalue weighted by Crippen LogP contribution is 2.39. The van der Waals surface area contributed by atoms with Gasteiger partial charge in [-0.05, 0) is 37.5 Å². The number of amides is 1. The van der Waals surface area contributed by atoms with Crippen LogP contribution in [0.1, 0.15) is 30.3 Å². The number of nitrogens with zero attached hydrogens (tertiary/aromatic N) is 6. The number of rotatable bonds is 5. The Labute approximate surface area is 199 Å². The quantitative estimate of drug-likeness (QED) is 0.583. The van der Waals surface area contributed by atoms with E-state index in [0.717, 1.165) is 47.9 Å². The number of anilines is 3. The first kappa shape index (κ1) is 22.8. The summed E-state index contributed by atoms with van der Waals surface area (Å²) in [7, 11) is 1.86. The van der Waals surface area contributed by atoms with Crippen LogP contribution in [0.3, 0.4) is 0 Å². The standard InChI is InChI=1S/C23H22F3N7O2/c1-13-21(34)33-9-3-4-16-19(33)20(32(13)2)31-22(30-16)29-11-14-5-8-18(28-10-14)35-15-6-7-17(27-12-15)23(24,25)26/h5-8,10,12-13H,3-4,9,11H2,1-2H3,(H,29,30,31)/t13-/m0/s1. The average Bonchev–Trinajstić information content (AvgIpc) is 2.85. The van der Waals surface area contributed by atoms with E-state index < -0.39 is 11.9 Å². The largest absolute Gasteiger partial charge is 0.437 e. The third-order valence-electron chi connectivity index (χ3n) is 6.04. The predicted octanol–water partition coefficient (Wildman–Crippen LogP) is 3.81. The molecule has 1 N–H and O–H groups in total.